The van der Waals surface area contributed by atoms with Crippen LogP contribution >= 0.6 is 0 Å². The van der Waals surface area contributed by atoms with E-state index in [1.54, 1.807) is 0 Å². The summed E-state index contributed by atoms with van der Waals surface area (Å²) in [6, 6.07) is 0. The first-order chi connectivity index (χ1) is 6.11. The Hall–Kier alpha value is -1.40. The molecule has 1 heterocycles. The van der Waals surface area contributed by atoms with Gasteiger partial charge in [-0.3, -0.25) is 4.79 Å². The molecule has 13 heavy (non-hydrogen) atoms. The molecule has 1 rings (SSSR count). The molecule has 72 valence electrons. The highest BCUT2D eigenvalue weighted by atomic mass is 16.5. The van der Waals surface area contributed by atoms with E-state index >= 15 is 0 Å². The maximum Gasteiger partial charge on any atom is 0.220 e. The van der Waals surface area contributed by atoms with Crippen LogP contribution in [0.4, 0.5) is 0 Å². The van der Waals surface area contributed by atoms with Gasteiger partial charge in [-0.2, -0.15) is 0 Å². The normalized spacial score (nSPS) is 15.2. The number of aromatic nitrogens is 1. The summed E-state index contributed by atoms with van der Waals surface area (Å²) in [5.41, 5.74) is 5.15. The molecule has 0 bridgehead atoms. The minimum Gasteiger partial charge on any atom is -0.390 e. The van der Waals surface area contributed by atoms with E-state index in [9.17, 15) is 15.0 Å². The van der Waals surface area contributed by atoms with Crippen LogP contribution in [0.3, 0.4) is 0 Å². The highest BCUT2D eigenvalue weighted by Crippen LogP contribution is 2.17. The number of rotatable bonds is 4. The summed E-state index contributed by atoms with van der Waals surface area (Å²) < 4.78 is 4.45. The number of carbonyl (C=O) groups excluding carboxylic acids is 1. The first-order valence-electron chi connectivity index (χ1n) is 3.65. The number of aliphatic hydroxyl groups is 2. The van der Waals surface area contributed by atoms with Gasteiger partial charge in [-0.25, -0.2) is 0 Å². The number of aliphatic hydroxyl groups excluding tert-OH is 2. The van der Waals surface area contributed by atoms with Crippen LogP contribution < -0.4 is 5.73 Å². The van der Waals surface area contributed by atoms with Gasteiger partial charge in [0.2, 0.25) is 5.91 Å². The Kier molecular flexibility index (Phi) is 2.99. The Morgan fingerprint density at radius 3 is 2.85 bits per heavy atom. The predicted molar refractivity (Wildman–Crippen MR) is 41.3 cm³/mol. The quantitative estimate of drug-likeness (QED) is 0.555. The van der Waals surface area contributed by atoms with Gasteiger partial charge in [0.15, 0.2) is 0 Å². The van der Waals surface area contributed by atoms with Crippen molar-refractivity contribution in [3.05, 3.63) is 18.0 Å². The molecular formula is C7H10N2O4. The molecule has 0 radical (unpaired) electrons. The number of carbonyl (C=O) groups is 1. The molecule has 1 aromatic heterocycles. The minimum absolute atomic E-state index is 0.299. The highest BCUT2D eigenvalue weighted by molar-refractivity contribution is 5.74. The van der Waals surface area contributed by atoms with E-state index in [0.29, 0.717) is 5.56 Å². The maximum atomic E-state index is 10.4. The largest absolute Gasteiger partial charge is 0.390 e. The smallest absolute Gasteiger partial charge is 0.220 e. The van der Waals surface area contributed by atoms with Crippen LogP contribution in [0.15, 0.2) is 17.0 Å². The zero-order valence-electron chi connectivity index (χ0n) is 6.75. The van der Waals surface area contributed by atoms with E-state index in [4.69, 9.17) is 5.73 Å². The maximum absolute atomic E-state index is 10.4. The number of nitrogens with two attached hydrogens (primary N) is 1. The molecule has 0 aromatic carbocycles. The van der Waals surface area contributed by atoms with Crippen LogP contribution in [0, 0.1) is 0 Å². The molecule has 0 spiro atoms. The number of hydrogen-bond donors (Lipinski definition) is 3. The number of amides is 1. The topological polar surface area (TPSA) is 110 Å². The lowest BCUT2D eigenvalue weighted by molar-refractivity contribution is -0.121. The van der Waals surface area contributed by atoms with Crippen molar-refractivity contribution in [2.24, 2.45) is 5.73 Å². The second kappa shape index (κ2) is 4.01. The molecule has 0 aliphatic carbocycles. The molecule has 6 nitrogen and oxygen atoms in total. The summed E-state index contributed by atoms with van der Waals surface area (Å²) >= 11 is 0. The van der Waals surface area contributed by atoms with E-state index in [1.807, 2.05) is 0 Å². The third kappa shape index (κ3) is 2.53. The fourth-order valence-corrected chi connectivity index (χ4v) is 0.899. The van der Waals surface area contributed by atoms with Crippen molar-refractivity contribution in [2.75, 3.05) is 0 Å². The monoisotopic (exact) mass is 186 g/mol. The lowest BCUT2D eigenvalue weighted by Crippen LogP contribution is -2.25. The Bertz CT molecular complexity index is 272. The van der Waals surface area contributed by atoms with Crippen molar-refractivity contribution in [3.8, 4) is 0 Å². The van der Waals surface area contributed by atoms with Gasteiger partial charge < -0.3 is 20.5 Å². The van der Waals surface area contributed by atoms with E-state index in [0.717, 1.165) is 0 Å². The molecule has 0 saturated carbocycles. The SMILES string of the molecule is NC(=O)CC(O)C(O)c1cnoc1. The summed E-state index contributed by atoms with van der Waals surface area (Å²) in [6.45, 7) is 0. The zero-order valence-corrected chi connectivity index (χ0v) is 6.75. The predicted octanol–water partition coefficient (Wildman–Crippen LogP) is -1.06. The summed E-state index contributed by atoms with van der Waals surface area (Å²) in [5, 5.41) is 22.0. The molecule has 0 aliphatic heterocycles. The van der Waals surface area contributed by atoms with Gasteiger partial charge in [0.05, 0.1) is 18.7 Å². The van der Waals surface area contributed by atoms with Crippen LogP contribution in [0.25, 0.3) is 0 Å². The van der Waals surface area contributed by atoms with Gasteiger partial charge in [-0.15, -0.1) is 0 Å². The van der Waals surface area contributed by atoms with Crippen molar-refractivity contribution in [1.82, 2.24) is 5.16 Å². The van der Waals surface area contributed by atoms with Crippen LogP contribution in [0.1, 0.15) is 18.1 Å². The molecule has 4 N–H and O–H groups in total. The van der Waals surface area contributed by atoms with Crippen LogP contribution in [-0.2, 0) is 4.79 Å². The molecule has 0 saturated heterocycles. The summed E-state index contributed by atoms with van der Waals surface area (Å²) in [5.74, 6) is -0.678. The van der Waals surface area contributed by atoms with Crippen molar-refractivity contribution < 1.29 is 19.5 Å². The van der Waals surface area contributed by atoms with Crippen LogP contribution in [0.5, 0.6) is 0 Å². The number of hydrogen-bond acceptors (Lipinski definition) is 5. The molecule has 0 aliphatic rings. The first kappa shape index (κ1) is 9.69. The van der Waals surface area contributed by atoms with Crippen molar-refractivity contribution in [3.63, 3.8) is 0 Å². The average molecular weight is 186 g/mol. The van der Waals surface area contributed by atoms with Gasteiger partial charge in [0.25, 0.3) is 0 Å². The molecule has 6 heteroatoms. The fourth-order valence-electron chi connectivity index (χ4n) is 0.899. The van der Waals surface area contributed by atoms with Gasteiger partial charge in [-0.05, 0) is 0 Å². The van der Waals surface area contributed by atoms with Crippen molar-refractivity contribution >= 4 is 5.91 Å². The Balaban J connectivity index is 2.57. The Labute approximate surface area is 73.9 Å². The second-order valence-corrected chi connectivity index (χ2v) is 2.64. The summed E-state index contributed by atoms with van der Waals surface area (Å²) in [6.07, 6.45) is -0.272. The van der Waals surface area contributed by atoms with E-state index < -0.39 is 18.1 Å². The molecule has 2 unspecified atom stereocenters. The van der Waals surface area contributed by atoms with Gasteiger partial charge in [0, 0.05) is 5.56 Å². The third-order valence-electron chi connectivity index (χ3n) is 1.57. The Morgan fingerprint density at radius 2 is 2.38 bits per heavy atom. The third-order valence-corrected chi connectivity index (χ3v) is 1.57. The zero-order chi connectivity index (χ0) is 9.84. The lowest BCUT2D eigenvalue weighted by Gasteiger charge is -2.13. The summed E-state index contributed by atoms with van der Waals surface area (Å²) in [4.78, 5) is 10.4. The number of nitrogens with zero attached hydrogens (tertiary/aromatic N) is 1. The Morgan fingerprint density at radius 1 is 1.69 bits per heavy atom. The van der Waals surface area contributed by atoms with Gasteiger partial charge in [-0.1, -0.05) is 5.16 Å². The first-order valence-corrected chi connectivity index (χ1v) is 3.65. The van der Waals surface area contributed by atoms with E-state index in [2.05, 4.69) is 9.68 Å². The summed E-state index contributed by atoms with van der Waals surface area (Å²) in [7, 11) is 0. The standard InChI is InChI=1S/C7H10N2O4/c8-6(11)1-5(10)7(12)4-2-9-13-3-4/h2-3,5,7,10,12H,1H2,(H2,8,11). The fraction of sp³-hybridized carbons (Fsp3) is 0.429. The van der Waals surface area contributed by atoms with Gasteiger partial charge in [0.1, 0.15) is 12.4 Å². The molecule has 0 fully saturated rings. The van der Waals surface area contributed by atoms with Crippen LogP contribution in [0.2, 0.25) is 0 Å². The second-order valence-electron chi connectivity index (χ2n) is 2.64. The minimum atomic E-state index is -1.23. The van der Waals surface area contributed by atoms with E-state index in [-0.39, 0.29) is 6.42 Å². The van der Waals surface area contributed by atoms with Crippen molar-refractivity contribution in [1.29, 1.82) is 0 Å². The average Bonchev–Trinajstić information content (AvgIpc) is 2.53. The molecule has 1 amide bonds. The van der Waals surface area contributed by atoms with Crippen LogP contribution in [-0.4, -0.2) is 27.4 Å². The molecule has 1 aromatic rings. The van der Waals surface area contributed by atoms with Crippen molar-refractivity contribution in [2.45, 2.75) is 18.6 Å². The van der Waals surface area contributed by atoms with Gasteiger partial charge >= 0.3 is 0 Å². The lowest BCUT2D eigenvalue weighted by atomic mass is 10.1. The van der Waals surface area contributed by atoms with E-state index in [1.165, 1.54) is 12.5 Å². The number of primary amides is 1. The molecular weight excluding hydrogens is 176 g/mol. The highest BCUT2D eigenvalue weighted by Gasteiger charge is 2.21. The molecule has 2 atom stereocenters.